The molecule has 1 aliphatic heterocycles. The summed E-state index contributed by atoms with van der Waals surface area (Å²) in [5, 5.41) is 0. The van der Waals surface area contributed by atoms with Crippen molar-refractivity contribution in [1.82, 2.24) is 4.90 Å². The van der Waals surface area contributed by atoms with Crippen LogP contribution >= 0.6 is 0 Å². The normalized spacial score (nSPS) is 13.4. The first kappa shape index (κ1) is 31.5. The van der Waals surface area contributed by atoms with Gasteiger partial charge in [-0.1, -0.05) is 67.6 Å². The zero-order chi connectivity index (χ0) is 17.9. The lowest BCUT2D eigenvalue weighted by Gasteiger charge is -2.34. The summed E-state index contributed by atoms with van der Waals surface area (Å²) in [6.45, 7) is 5.79. The fourth-order valence-corrected chi connectivity index (χ4v) is 3.38. The Morgan fingerprint density at radius 1 is 0.828 bits per heavy atom. The molecule has 1 aliphatic rings. The van der Waals surface area contributed by atoms with Crippen molar-refractivity contribution in [3.8, 4) is 12.8 Å². The van der Waals surface area contributed by atoms with Crippen LogP contribution in [-0.4, -0.2) is 52.5 Å². The molecule has 0 bridgehead atoms. The van der Waals surface area contributed by atoms with Crippen LogP contribution in [-0.2, 0) is 4.74 Å². The maximum absolute atomic E-state index is 6.56. The second-order valence-electron chi connectivity index (χ2n) is 6.38. The van der Waals surface area contributed by atoms with Gasteiger partial charge in [-0.25, -0.2) is 0 Å². The second-order valence-corrected chi connectivity index (χ2v) is 6.38. The van der Waals surface area contributed by atoms with Gasteiger partial charge in [-0.2, -0.15) is 0 Å². The maximum atomic E-state index is 6.56. The monoisotopic (exact) mass is 407 g/mol. The van der Waals surface area contributed by atoms with Crippen molar-refractivity contribution in [1.29, 1.82) is 0 Å². The van der Waals surface area contributed by atoms with Gasteiger partial charge in [-0.3, -0.25) is 0 Å². The molecule has 3 rings (SSSR count). The SMILES string of the molecule is C#C.CCCN1CCC(OC(c2ccccc2)c2ccccc2)CC1.O.O.O.O. The van der Waals surface area contributed by atoms with Gasteiger partial charge in [0.1, 0.15) is 6.10 Å². The molecule has 0 atom stereocenters. The third-order valence-electron chi connectivity index (χ3n) is 4.61. The van der Waals surface area contributed by atoms with Crippen molar-refractivity contribution < 1.29 is 26.6 Å². The van der Waals surface area contributed by atoms with Crippen LogP contribution in [0, 0.1) is 12.8 Å². The summed E-state index contributed by atoms with van der Waals surface area (Å²) < 4.78 is 6.56. The van der Waals surface area contributed by atoms with Crippen LogP contribution in [0.25, 0.3) is 0 Å². The molecule has 29 heavy (non-hydrogen) atoms. The molecular weight excluding hydrogens is 370 g/mol. The molecule has 6 heteroatoms. The van der Waals surface area contributed by atoms with E-state index in [0.29, 0.717) is 6.10 Å². The van der Waals surface area contributed by atoms with Crippen LogP contribution in [0.1, 0.15) is 43.4 Å². The van der Waals surface area contributed by atoms with Gasteiger partial charge in [0.25, 0.3) is 0 Å². The van der Waals surface area contributed by atoms with E-state index in [1.54, 1.807) is 0 Å². The zero-order valence-electron chi connectivity index (χ0n) is 17.2. The number of ether oxygens (including phenoxy) is 1. The van der Waals surface area contributed by atoms with Gasteiger partial charge in [0, 0.05) is 13.1 Å². The average Bonchev–Trinajstić information content (AvgIpc) is 2.70. The summed E-state index contributed by atoms with van der Waals surface area (Å²) in [6, 6.07) is 21.2. The molecule has 0 aliphatic carbocycles. The third kappa shape index (κ3) is 9.68. The predicted octanol–water partition coefficient (Wildman–Crippen LogP) is 1.62. The molecule has 0 spiro atoms. The Bertz CT molecular complexity index is 573. The highest BCUT2D eigenvalue weighted by Gasteiger charge is 2.24. The number of benzene rings is 2. The van der Waals surface area contributed by atoms with Gasteiger partial charge >= 0.3 is 0 Å². The number of hydrogen-bond acceptors (Lipinski definition) is 2. The zero-order valence-corrected chi connectivity index (χ0v) is 17.2. The third-order valence-corrected chi connectivity index (χ3v) is 4.61. The maximum Gasteiger partial charge on any atom is 0.108 e. The van der Waals surface area contributed by atoms with Gasteiger partial charge in [0.05, 0.1) is 6.10 Å². The number of hydrogen-bond donors (Lipinski definition) is 0. The van der Waals surface area contributed by atoms with E-state index >= 15 is 0 Å². The molecule has 8 N–H and O–H groups in total. The summed E-state index contributed by atoms with van der Waals surface area (Å²) in [5.74, 6) is 0. The van der Waals surface area contributed by atoms with Gasteiger partial charge in [-0.15, -0.1) is 12.8 Å². The van der Waals surface area contributed by atoms with Crippen molar-refractivity contribution in [2.24, 2.45) is 0 Å². The van der Waals surface area contributed by atoms with Gasteiger partial charge in [0.2, 0.25) is 0 Å². The Balaban J connectivity index is -0.00000109. The Hall–Kier alpha value is -2.24. The molecule has 0 saturated carbocycles. The highest BCUT2D eigenvalue weighted by molar-refractivity contribution is 5.30. The van der Waals surface area contributed by atoms with Crippen molar-refractivity contribution in [3.63, 3.8) is 0 Å². The van der Waals surface area contributed by atoms with E-state index in [4.69, 9.17) is 4.74 Å². The van der Waals surface area contributed by atoms with Gasteiger partial charge in [0.15, 0.2) is 0 Å². The summed E-state index contributed by atoms with van der Waals surface area (Å²) in [6.07, 6.45) is 11.9. The quantitative estimate of drug-likeness (QED) is 0.672. The summed E-state index contributed by atoms with van der Waals surface area (Å²) in [4.78, 5) is 2.56. The molecular formula is C23H37NO5. The van der Waals surface area contributed by atoms with Crippen LogP contribution < -0.4 is 0 Å². The topological polar surface area (TPSA) is 138 Å². The Labute approximate surface area is 174 Å². The molecule has 0 radical (unpaired) electrons. The lowest BCUT2D eigenvalue weighted by molar-refractivity contribution is -0.0268. The van der Waals surface area contributed by atoms with Crippen LogP contribution in [0.15, 0.2) is 60.7 Å². The standard InChI is InChI=1S/C21H27NO.C2H2.4H2O/c1-2-15-22-16-13-20(14-17-22)23-21(18-9-5-3-6-10-18)19-11-7-4-8-12-19;1-2;;;;/h3-12,20-21H,2,13-17H2,1H3;1-2H;4*1H2. The Morgan fingerprint density at radius 3 is 1.62 bits per heavy atom. The first-order chi connectivity index (χ1) is 12.4. The molecule has 2 aromatic rings. The molecule has 0 unspecified atom stereocenters. The molecule has 0 amide bonds. The minimum Gasteiger partial charge on any atom is -0.412 e. The van der Waals surface area contributed by atoms with E-state index in [-0.39, 0.29) is 28.0 Å². The van der Waals surface area contributed by atoms with E-state index < -0.39 is 0 Å². The molecule has 1 saturated heterocycles. The van der Waals surface area contributed by atoms with Crippen LogP contribution in [0.5, 0.6) is 0 Å². The summed E-state index contributed by atoms with van der Waals surface area (Å²) in [5.41, 5.74) is 2.49. The van der Waals surface area contributed by atoms with Crippen LogP contribution in [0.4, 0.5) is 0 Å². The highest BCUT2D eigenvalue weighted by Crippen LogP contribution is 2.29. The van der Waals surface area contributed by atoms with Crippen molar-refractivity contribution >= 4 is 0 Å². The fraction of sp³-hybridized carbons (Fsp3) is 0.391. The number of nitrogens with zero attached hydrogens (tertiary/aromatic N) is 1. The van der Waals surface area contributed by atoms with Crippen LogP contribution in [0.3, 0.4) is 0 Å². The van der Waals surface area contributed by atoms with Crippen molar-refractivity contribution in [3.05, 3.63) is 71.8 Å². The summed E-state index contributed by atoms with van der Waals surface area (Å²) in [7, 11) is 0. The Kier molecular flexibility index (Phi) is 19.3. The smallest absolute Gasteiger partial charge is 0.108 e. The first-order valence-corrected chi connectivity index (χ1v) is 9.18. The van der Waals surface area contributed by atoms with Gasteiger partial charge in [-0.05, 0) is 36.9 Å². The van der Waals surface area contributed by atoms with Crippen molar-refractivity contribution in [2.75, 3.05) is 19.6 Å². The Morgan fingerprint density at radius 2 is 1.24 bits per heavy atom. The molecule has 1 heterocycles. The lowest BCUT2D eigenvalue weighted by atomic mass is 10.00. The number of rotatable bonds is 6. The van der Waals surface area contributed by atoms with E-state index in [1.165, 1.54) is 24.1 Å². The minimum atomic E-state index is 0. The largest absolute Gasteiger partial charge is 0.412 e. The minimum absolute atomic E-state index is 0. The molecule has 0 aromatic heterocycles. The second kappa shape index (κ2) is 17.8. The number of terminal acetylenes is 1. The molecule has 6 nitrogen and oxygen atoms in total. The molecule has 164 valence electrons. The molecule has 1 fully saturated rings. The summed E-state index contributed by atoms with van der Waals surface area (Å²) >= 11 is 0. The number of piperidine rings is 1. The van der Waals surface area contributed by atoms with Crippen LogP contribution in [0.2, 0.25) is 0 Å². The molecule has 2 aromatic carbocycles. The fourth-order valence-electron chi connectivity index (χ4n) is 3.38. The van der Waals surface area contributed by atoms with Gasteiger partial charge < -0.3 is 31.5 Å². The number of likely N-dealkylation sites (tertiary alicyclic amines) is 1. The van der Waals surface area contributed by atoms with E-state index in [1.807, 2.05) is 0 Å². The highest BCUT2D eigenvalue weighted by atomic mass is 16.5. The van der Waals surface area contributed by atoms with E-state index in [0.717, 1.165) is 25.9 Å². The average molecular weight is 408 g/mol. The lowest BCUT2D eigenvalue weighted by Crippen LogP contribution is -2.37. The van der Waals surface area contributed by atoms with E-state index in [2.05, 4.69) is 85.3 Å². The predicted molar refractivity (Wildman–Crippen MR) is 120 cm³/mol. The first-order valence-electron chi connectivity index (χ1n) is 9.18. The van der Waals surface area contributed by atoms with Crippen molar-refractivity contribution in [2.45, 2.75) is 38.4 Å². The van der Waals surface area contributed by atoms with E-state index in [9.17, 15) is 0 Å².